The van der Waals surface area contributed by atoms with Crippen molar-refractivity contribution in [2.24, 2.45) is 0 Å². The highest BCUT2D eigenvalue weighted by atomic mass is 16.5. The predicted octanol–water partition coefficient (Wildman–Crippen LogP) is 3.22. The Balaban J connectivity index is 1.46. The van der Waals surface area contributed by atoms with E-state index >= 15 is 0 Å². The van der Waals surface area contributed by atoms with E-state index in [-0.39, 0.29) is 6.03 Å². The molecule has 2 amide bonds. The number of pyridine rings is 1. The van der Waals surface area contributed by atoms with Crippen LogP contribution >= 0.6 is 0 Å². The molecular formula is C20H19N3O4. The third-order valence-electron chi connectivity index (χ3n) is 3.80. The molecule has 2 aromatic carbocycles. The van der Waals surface area contributed by atoms with E-state index in [1.807, 2.05) is 30.3 Å². The second-order valence-corrected chi connectivity index (χ2v) is 5.63. The van der Waals surface area contributed by atoms with E-state index in [4.69, 9.17) is 4.74 Å². The molecule has 0 saturated heterocycles. The molecule has 2 N–H and O–H groups in total. The molecule has 3 rings (SSSR count). The fraction of sp³-hybridized carbons (Fsp3) is 0.150. The number of hydrogen-bond acceptors (Lipinski definition) is 5. The number of methoxy groups -OCH3 is 1. The molecule has 0 spiro atoms. The van der Waals surface area contributed by atoms with Gasteiger partial charge in [0.1, 0.15) is 17.9 Å². The van der Waals surface area contributed by atoms with E-state index in [0.717, 1.165) is 10.9 Å². The highest BCUT2D eigenvalue weighted by molar-refractivity contribution is 5.92. The number of para-hydroxylation sites is 1. The van der Waals surface area contributed by atoms with Gasteiger partial charge in [0.05, 0.1) is 19.2 Å². The number of hydrogen-bond donors (Lipinski definition) is 2. The van der Waals surface area contributed by atoms with Crippen molar-refractivity contribution >= 4 is 28.6 Å². The van der Waals surface area contributed by atoms with Gasteiger partial charge in [-0.3, -0.25) is 4.98 Å². The van der Waals surface area contributed by atoms with Gasteiger partial charge in [0.15, 0.2) is 0 Å². The van der Waals surface area contributed by atoms with Crippen LogP contribution in [0.25, 0.3) is 10.9 Å². The molecular weight excluding hydrogens is 346 g/mol. The first kappa shape index (κ1) is 18.2. The van der Waals surface area contributed by atoms with Gasteiger partial charge in [-0.05, 0) is 36.4 Å². The lowest BCUT2D eigenvalue weighted by Crippen LogP contribution is -2.32. The first-order chi connectivity index (χ1) is 13.2. The fourth-order valence-electron chi connectivity index (χ4n) is 2.50. The fourth-order valence-corrected chi connectivity index (χ4v) is 2.50. The lowest BCUT2D eigenvalue weighted by molar-refractivity contribution is 0.0600. The summed E-state index contributed by atoms with van der Waals surface area (Å²) >= 11 is 0. The number of carbonyl (C=O) groups excluding carboxylic acids is 2. The molecule has 0 radical (unpaired) electrons. The van der Waals surface area contributed by atoms with Crippen LogP contribution in [-0.4, -0.2) is 37.2 Å². The van der Waals surface area contributed by atoms with Crippen LogP contribution in [0.4, 0.5) is 10.5 Å². The van der Waals surface area contributed by atoms with Crippen LogP contribution in [0.3, 0.4) is 0 Å². The molecule has 0 aliphatic rings. The number of urea groups is 1. The van der Waals surface area contributed by atoms with Gasteiger partial charge in [0.25, 0.3) is 0 Å². The maximum absolute atomic E-state index is 11.9. The van der Waals surface area contributed by atoms with Crippen LogP contribution in [0.15, 0.2) is 60.8 Å². The minimum Gasteiger partial charge on any atom is -0.489 e. The highest BCUT2D eigenvalue weighted by Crippen LogP contribution is 2.22. The van der Waals surface area contributed by atoms with Gasteiger partial charge in [-0.25, -0.2) is 9.59 Å². The number of amides is 2. The predicted molar refractivity (Wildman–Crippen MR) is 102 cm³/mol. The summed E-state index contributed by atoms with van der Waals surface area (Å²) < 4.78 is 10.3. The number of rotatable bonds is 6. The molecule has 0 atom stereocenters. The molecule has 7 heteroatoms. The summed E-state index contributed by atoms with van der Waals surface area (Å²) in [5.74, 6) is 0.250. The van der Waals surface area contributed by atoms with Crippen LogP contribution in [0, 0.1) is 0 Å². The normalized spacial score (nSPS) is 10.3. The minimum absolute atomic E-state index is 0.310. The number of nitrogens with zero attached hydrogens (tertiary/aromatic N) is 1. The first-order valence-electron chi connectivity index (χ1n) is 8.37. The Hall–Kier alpha value is -3.61. The lowest BCUT2D eigenvalue weighted by atomic mass is 10.2. The number of benzene rings is 2. The van der Waals surface area contributed by atoms with Crippen molar-refractivity contribution < 1.29 is 19.1 Å². The van der Waals surface area contributed by atoms with Gasteiger partial charge in [0.2, 0.25) is 0 Å². The first-order valence-corrected chi connectivity index (χ1v) is 8.37. The highest BCUT2D eigenvalue weighted by Gasteiger charge is 2.06. The van der Waals surface area contributed by atoms with E-state index in [2.05, 4.69) is 20.4 Å². The molecule has 0 bridgehead atoms. The smallest absolute Gasteiger partial charge is 0.337 e. The third-order valence-corrected chi connectivity index (χ3v) is 3.80. The average molecular weight is 365 g/mol. The summed E-state index contributed by atoms with van der Waals surface area (Å²) in [5.41, 5.74) is 1.77. The Morgan fingerprint density at radius 3 is 2.59 bits per heavy atom. The average Bonchev–Trinajstić information content (AvgIpc) is 2.71. The summed E-state index contributed by atoms with van der Waals surface area (Å²) in [6.45, 7) is 0.639. The van der Waals surface area contributed by atoms with Crippen LogP contribution in [0.1, 0.15) is 10.4 Å². The largest absolute Gasteiger partial charge is 0.489 e. The van der Waals surface area contributed by atoms with Gasteiger partial charge in [-0.15, -0.1) is 0 Å². The number of anilines is 1. The summed E-state index contributed by atoms with van der Waals surface area (Å²) in [6.07, 6.45) is 1.71. The van der Waals surface area contributed by atoms with Crippen molar-refractivity contribution in [1.82, 2.24) is 10.3 Å². The quantitative estimate of drug-likeness (QED) is 0.517. The summed E-state index contributed by atoms with van der Waals surface area (Å²) in [4.78, 5) is 27.6. The number of fused-ring (bicyclic) bond motifs is 1. The second kappa shape index (κ2) is 8.66. The van der Waals surface area contributed by atoms with Crippen molar-refractivity contribution in [1.29, 1.82) is 0 Å². The van der Waals surface area contributed by atoms with Gasteiger partial charge in [-0.2, -0.15) is 0 Å². The zero-order valence-corrected chi connectivity index (χ0v) is 14.8. The Bertz CT molecular complexity index is 936. The van der Waals surface area contributed by atoms with Crippen LogP contribution in [0.5, 0.6) is 5.75 Å². The monoisotopic (exact) mass is 365 g/mol. The summed E-state index contributed by atoms with van der Waals surface area (Å²) in [5, 5.41) is 6.39. The van der Waals surface area contributed by atoms with E-state index in [1.165, 1.54) is 7.11 Å². The Morgan fingerprint density at radius 2 is 1.81 bits per heavy atom. The number of carbonyl (C=O) groups is 2. The molecule has 0 aliphatic heterocycles. The van der Waals surface area contributed by atoms with E-state index in [0.29, 0.717) is 30.2 Å². The molecule has 27 heavy (non-hydrogen) atoms. The molecule has 0 unspecified atom stereocenters. The van der Waals surface area contributed by atoms with Gasteiger partial charge in [-0.1, -0.05) is 18.2 Å². The zero-order chi connectivity index (χ0) is 19.1. The Kier molecular flexibility index (Phi) is 5.84. The van der Waals surface area contributed by atoms with Crippen LogP contribution < -0.4 is 15.4 Å². The Labute approximate surface area is 156 Å². The minimum atomic E-state index is -0.425. The van der Waals surface area contributed by atoms with Crippen molar-refractivity contribution in [2.75, 3.05) is 25.6 Å². The van der Waals surface area contributed by atoms with E-state index < -0.39 is 5.97 Å². The SMILES string of the molecule is COC(=O)c1ccc(NC(=O)NCCOc2cccc3cccnc23)cc1. The van der Waals surface area contributed by atoms with Gasteiger partial charge in [0, 0.05) is 17.3 Å². The Morgan fingerprint density at radius 1 is 1.04 bits per heavy atom. The molecule has 7 nitrogen and oxygen atoms in total. The topological polar surface area (TPSA) is 89.5 Å². The molecule has 138 valence electrons. The standard InChI is InChI=1S/C20H19N3O4/c1-26-19(24)15-7-9-16(10-8-15)23-20(25)22-12-13-27-17-6-2-4-14-5-3-11-21-18(14)17/h2-11H,12-13H2,1H3,(H2,22,23,25). The maximum Gasteiger partial charge on any atom is 0.337 e. The van der Waals surface area contributed by atoms with Crippen molar-refractivity contribution in [3.05, 3.63) is 66.4 Å². The van der Waals surface area contributed by atoms with Crippen molar-refractivity contribution in [3.8, 4) is 5.75 Å². The van der Waals surface area contributed by atoms with Crippen LogP contribution in [-0.2, 0) is 4.74 Å². The molecule has 1 aromatic heterocycles. The van der Waals surface area contributed by atoms with E-state index in [9.17, 15) is 9.59 Å². The summed E-state index contributed by atoms with van der Waals surface area (Å²) in [6, 6.07) is 15.6. The number of esters is 1. The molecule has 1 heterocycles. The zero-order valence-electron chi connectivity index (χ0n) is 14.8. The number of aromatic nitrogens is 1. The number of nitrogens with one attached hydrogen (secondary N) is 2. The van der Waals surface area contributed by atoms with Crippen molar-refractivity contribution in [2.45, 2.75) is 0 Å². The molecule has 3 aromatic rings. The van der Waals surface area contributed by atoms with Crippen LogP contribution in [0.2, 0.25) is 0 Å². The lowest BCUT2D eigenvalue weighted by Gasteiger charge is -2.10. The molecule has 0 saturated carbocycles. The van der Waals surface area contributed by atoms with E-state index in [1.54, 1.807) is 30.5 Å². The third kappa shape index (κ3) is 4.72. The second-order valence-electron chi connectivity index (χ2n) is 5.63. The molecule has 0 fully saturated rings. The van der Waals surface area contributed by atoms with Gasteiger partial charge >= 0.3 is 12.0 Å². The van der Waals surface area contributed by atoms with Crippen molar-refractivity contribution in [3.63, 3.8) is 0 Å². The van der Waals surface area contributed by atoms with Gasteiger partial charge < -0.3 is 20.1 Å². The number of ether oxygens (including phenoxy) is 2. The maximum atomic E-state index is 11.9. The summed E-state index contributed by atoms with van der Waals surface area (Å²) in [7, 11) is 1.32. The molecule has 0 aliphatic carbocycles.